The summed E-state index contributed by atoms with van der Waals surface area (Å²) in [4.78, 5) is 34.6. The topological polar surface area (TPSA) is 109 Å². The standard InChI is InChI=1S/C18H19NO6/c1-9-6-13(24-8-15(20)19-10(2)17(21)22)16-11-4-3-5-12(11)18(23)25-14(16)7-9/h6-7,10H,3-5,8H2,1-2H3,(H,19,20)(H,21,22)/p-1/t10-/m0/s1. The van der Waals surface area contributed by atoms with Gasteiger partial charge < -0.3 is 24.4 Å². The second-order valence-corrected chi connectivity index (χ2v) is 6.23. The lowest BCUT2D eigenvalue weighted by Gasteiger charge is -2.16. The van der Waals surface area contributed by atoms with Crippen molar-refractivity contribution in [2.75, 3.05) is 6.61 Å². The molecule has 1 aliphatic rings. The van der Waals surface area contributed by atoms with Crippen molar-refractivity contribution in [3.63, 3.8) is 0 Å². The lowest BCUT2D eigenvalue weighted by molar-refractivity contribution is -0.307. The molecule has 0 saturated carbocycles. The minimum atomic E-state index is -1.37. The summed E-state index contributed by atoms with van der Waals surface area (Å²) in [6.07, 6.45) is 2.30. The zero-order valence-corrected chi connectivity index (χ0v) is 14.0. The van der Waals surface area contributed by atoms with E-state index >= 15 is 0 Å². The summed E-state index contributed by atoms with van der Waals surface area (Å²) in [5, 5.41) is 13.7. The minimum Gasteiger partial charge on any atom is -0.548 e. The predicted octanol–water partition coefficient (Wildman–Crippen LogP) is 0.224. The van der Waals surface area contributed by atoms with E-state index in [2.05, 4.69) is 5.32 Å². The zero-order valence-electron chi connectivity index (χ0n) is 14.0. The highest BCUT2D eigenvalue weighted by atomic mass is 16.5. The summed E-state index contributed by atoms with van der Waals surface area (Å²) >= 11 is 0. The Bertz CT molecular complexity index is 914. The van der Waals surface area contributed by atoms with E-state index in [1.54, 1.807) is 12.1 Å². The van der Waals surface area contributed by atoms with Gasteiger partial charge in [-0.25, -0.2) is 4.79 Å². The molecule has 0 bridgehead atoms. The number of hydrogen-bond donors (Lipinski definition) is 1. The first-order valence-corrected chi connectivity index (χ1v) is 8.09. The van der Waals surface area contributed by atoms with Crippen LogP contribution in [0.3, 0.4) is 0 Å². The number of rotatable bonds is 5. The molecule has 0 aliphatic heterocycles. The maximum Gasteiger partial charge on any atom is 0.339 e. The largest absolute Gasteiger partial charge is 0.548 e. The molecule has 0 unspecified atom stereocenters. The van der Waals surface area contributed by atoms with Crippen LogP contribution in [0.15, 0.2) is 21.3 Å². The molecular formula is C18H18NO6-. The number of hydrogen-bond acceptors (Lipinski definition) is 6. The number of carbonyl (C=O) groups excluding carboxylic acids is 2. The molecule has 0 saturated heterocycles. The minimum absolute atomic E-state index is 0.322. The molecule has 0 spiro atoms. The molecule has 0 radical (unpaired) electrons. The lowest BCUT2D eigenvalue weighted by Crippen LogP contribution is -2.47. The zero-order chi connectivity index (χ0) is 18.1. The maximum atomic E-state index is 12.1. The van der Waals surface area contributed by atoms with Crippen molar-refractivity contribution in [2.45, 2.75) is 39.2 Å². The molecule has 1 N–H and O–H groups in total. The van der Waals surface area contributed by atoms with Crippen molar-refractivity contribution in [1.82, 2.24) is 5.32 Å². The van der Waals surface area contributed by atoms with Crippen LogP contribution in [0, 0.1) is 6.92 Å². The summed E-state index contributed by atoms with van der Waals surface area (Å²) < 4.78 is 11.0. The normalized spacial score (nSPS) is 14.2. The van der Waals surface area contributed by atoms with Gasteiger partial charge >= 0.3 is 5.63 Å². The smallest absolute Gasteiger partial charge is 0.339 e. The van der Waals surface area contributed by atoms with Gasteiger partial charge in [-0.05, 0) is 56.4 Å². The third-order valence-electron chi connectivity index (χ3n) is 4.27. The Morgan fingerprint density at radius 1 is 1.32 bits per heavy atom. The Kier molecular flexibility index (Phi) is 4.48. The molecule has 1 aromatic carbocycles. The summed E-state index contributed by atoms with van der Waals surface area (Å²) in [6, 6.07) is 2.43. The van der Waals surface area contributed by atoms with Crippen LogP contribution >= 0.6 is 0 Å². The monoisotopic (exact) mass is 344 g/mol. The first-order chi connectivity index (χ1) is 11.9. The third-order valence-corrected chi connectivity index (χ3v) is 4.27. The average Bonchev–Trinajstić information content (AvgIpc) is 3.02. The van der Waals surface area contributed by atoms with E-state index in [-0.39, 0.29) is 12.2 Å². The van der Waals surface area contributed by atoms with Crippen molar-refractivity contribution in [1.29, 1.82) is 0 Å². The van der Waals surface area contributed by atoms with Crippen LogP contribution < -0.4 is 20.8 Å². The van der Waals surface area contributed by atoms with Gasteiger partial charge in [0.2, 0.25) is 0 Å². The van der Waals surface area contributed by atoms with Crippen molar-refractivity contribution < 1.29 is 23.8 Å². The number of aliphatic carboxylic acids is 1. The Labute approximate surface area is 143 Å². The van der Waals surface area contributed by atoms with Gasteiger partial charge in [-0.15, -0.1) is 0 Å². The van der Waals surface area contributed by atoms with Crippen LogP contribution in [-0.2, 0) is 22.4 Å². The van der Waals surface area contributed by atoms with Gasteiger partial charge in [-0.1, -0.05) is 0 Å². The summed E-state index contributed by atoms with van der Waals surface area (Å²) in [5.41, 5.74) is 2.51. The Hall–Kier alpha value is -2.83. The van der Waals surface area contributed by atoms with Crippen molar-refractivity contribution >= 4 is 22.8 Å². The van der Waals surface area contributed by atoms with Gasteiger partial charge in [-0.2, -0.15) is 0 Å². The van der Waals surface area contributed by atoms with E-state index in [1.165, 1.54) is 6.92 Å². The average molecular weight is 344 g/mol. The van der Waals surface area contributed by atoms with Gasteiger partial charge in [0.05, 0.1) is 17.4 Å². The summed E-state index contributed by atoms with van der Waals surface area (Å²) in [6.45, 7) is 2.80. The number of ether oxygens (including phenoxy) is 1. The molecule has 2 aromatic rings. The Morgan fingerprint density at radius 3 is 2.76 bits per heavy atom. The third kappa shape index (κ3) is 3.35. The van der Waals surface area contributed by atoms with Crippen molar-refractivity contribution in [3.8, 4) is 5.75 Å². The Balaban J connectivity index is 1.91. The fourth-order valence-electron chi connectivity index (χ4n) is 3.10. The number of aryl methyl sites for hydroxylation is 2. The van der Waals surface area contributed by atoms with Gasteiger partial charge in [0.15, 0.2) is 6.61 Å². The molecule has 7 heteroatoms. The van der Waals surface area contributed by atoms with Gasteiger partial charge in [0.25, 0.3) is 5.91 Å². The van der Waals surface area contributed by atoms with E-state index in [4.69, 9.17) is 9.15 Å². The van der Waals surface area contributed by atoms with Crippen LogP contribution in [0.1, 0.15) is 30.0 Å². The SMILES string of the molecule is Cc1cc(OCC(=O)N[C@@H](C)C(=O)[O-])c2c3c(c(=O)oc2c1)CCC3. The predicted molar refractivity (Wildman–Crippen MR) is 87.4 cm³/mol. The molecule has 0 fully saturated rings. The number of benzene rings is 1. The first-order valence-electron chi connectivity index (χ1n) is 8.09. The highest BCUT2D eigenvalue weighted by Crippen LogP contribution is 2.35. The lowest BCUT2D eigenvalue weighted by atomic mass is 10.0. The first kappa shape index (κ1) is 17.0. The quantitative estimate of drug-likeness (QED) is 0.778. The molecule has 132 valence electrons. The maximum absolute atomic E-state index is 12.1. The summed E-state index contributed by atoms with van der Waals surface area (Å²) in [7, 11) is 0. The van der Waals surface area contributed by atoms with Gasteiger partial charge in [0.1, 0.15) is 11.3 Å². The van der Waals surface area contributed by atoms with Crippen molar-refractivity contribution in [3.05, 3.63) is 39.2 Å². The molecular weight excluding hydrogens is 326 g/mol. The van der Waals surface area contributed by atoms with E-state index in [0.29, 0.717) is 28.7 Å². The van der Waals surface area contributed by atoms with Gasteiger partial charge in [-0.3, -0.25) is 4.79 Å². The highest BCUT2D eigenvalue weighted by molar-refractivity contribution is 5.89. The second kappa shape index (κ2) is 6.58. The molecule has 7 nitrogen and oxygen atoms in total. The van der Waals surface area contributed by atoms with Crippen LogP contribution in [0.2, 0.25) is 0 Å². The Morgan fingerprint density at radius 2 is 2.04 bits per heavy atom. The van der Waals surface area contributed by atoms with Crippen LogP contribution in [0.5, 0.6) is 5.75 Å². The number of carboxylic acids is 1. The molecule has 1 heterocycles. The second-order valence-electron chi connectivity index (χ2n) is 6.23. The van der Waals surface area contributed by atoms with Crippen LogP contribution in [-0.4, -0.2) is 24.5 Å². The van der Waals surface area contributed by atoms with E-state index in [9.17, 15) is 19.5 Å². The van der Waals surface area contributed by atoms with Crippen molar-refractivity contribution in [2.24, 2.45) is 0 Å². The summed E-state index contributed by atoms with van der Waals surface area (Å²) in [5.74, 6) is -1.48. The van der Waals surface area contributed by atoms with Crippen LogP contribution in [0.25, 0.3) is 11.0 Å². The fraction of sp³-hybridized carbons (Fsp3) is 0.389. The molecule has 3 rings (SSSR count). The van der Waals surface area contributed by atoms with Crippen LogP contribution in [0.4, 0.5) is 0 Å². The highest BCUT2D eigenvalue weighted by Gasteiger charge is 2.22. The van der Waals surface area contributed by atoms with Gasteiger partial charge in [0, 0.05) is 5.56 Å². The number of carbonyl (C=O) groups is 2. The van der Waals surface area contributed by atoms with E-state index in [0.717, 1.165) is 24.0 Å². The number of nitrogens with one attached hydrogen (secondary N) is 1. The van der Waals surface area contributed by atoms with E-state index in [1.807, 2.05) is 6.92 Å². The molecule has 1 amide bonds. The molecule has 25 heavy (non-hydrogen) atoms. The molecule has 1 atom stereocenters. The molecule has 1 aliphatic carbocycles. The van der Waals surface area contributed by atoms with E-state index < -0.39 is 17.9 Å². The number of carboxylic acid groups (broad SMARTS) is 1. The molecule has 1 aromatic heterocycles. The fourth-order valence-corrected chi connectivity index (χ4v) is 3.10. The number of amides is 1. The number of fused-ring (bicyclic) bond motifs is 3.